The molecular weight excluding hydrogens is 399 g/mol. The van der Waals surface area contributed by atoms with Crippen molar-refractivity contribution in [2.24, 2.45) is 11.7 Å². The Labute approximate surface area is 176 Å². The van der Waals surface area contributed by atoms with Crippen LogP contribution in [0.2, 0.25) is 0 Å². The Morgan fingerprint density at radius 2 is 1.89 bits per heavy atom. The third-order valence-electron chi connectivity index (χ3n) is 4.87. The topological polar surface area (TPSA) is 93.0 Å². The Morgan fingerprint density at radius 1 is 1.14 bits per heavy atom. The van der Waals surface area contributed by atoms with E-state index in [0.717, 1.165) is 41.0 Å². The number of carbonyl (C=O) groups excluding carboxylic acids is 1. The molecule has 2 aromatic carbocycles. The van der Waals surface area contributed by atoms with Crippen LogP contribution >= 0.6 is 24.8 Å². The molecule has 1 saturated heterocycles. The van der Waals surface area contributed by atoms with E-state index in [2.05, 4.69) is 15.3 Å². The summed E-state index contributed by atoms with van der Waals surface area (Å²) in [4.78, 5) is 20.4. The molecule has 1 aliphatic rings. The number of halogens is 2. The maximum absolute atomic E-state index is 12.5. The van der Waals surface area contributed by atoms with Gasteiger partial charge in [-0.05, 0) is 43.0 Å². The van der Waals surface area contributed by atoms with Gasteiger partial charge in [0.2, 0.25) is 5.91 Å². The van der Waals surface area contributed by atoms with E-state index >= 15 is 0 Å². The first-order valence-electron chi connectivity index (χ1n) is 8.90. The molecule has 1 aromatic heterocycles. The lowest BCUT2D eigenvalue weighted by Gasteiger charge is -2.26. The van der Waals surface area contributed by atoms with Crippen LogP contribution in [0, 0.1) is 5.92 Å². The number of aromatic nitrogens is 2. The van der Waals surface area contributed by atoms with Crippen LogP contribution in [0.3, 0.4) is 0 Å². The third kappa shape index (κ3) is 4.83. The Hall–Kier alpha value is -2.12. The highest BCUT2D eigenvalue weighted by Gasteiger charge is 2.26. The molecule has 0 spiro atoms. The molecule has 2 heterocycles. The van der Waals surface area contributed by atoms with Crippen LogP contribution in [0.1, 0.15) is 12.8 Å². The molecule has 28 heavy (non-hydrogen) atoms. The fraction of sp³-hybridized carbons (Fsp3) is 0.300. The average molecular weight is 423 g/mol. The molecular formula is C20H24Cl2N4O2. The summed E-state index contributed by atoms with van der Waals surface area (Å²) in [6.45, 7) is 1.35. The Balaban J connectivity index is 0.00000140. The van der Waals surface area contributed by atoms with Gasteiger partial charge in [0.05, 0.1) is 17.1 Å². The first-order chi connectivity index (χ1) is 12.7. The number of imidazole rings is 1. The van der Waals surface area contributed by atoms with Crippen LogP contribution in [-0.4, -0.2) is 35.1 Å². The number of ether oxygens (including phenoxy) is 1. The minimum absolute atomic E-state index is 0. The molecule has 8 heteroatoms. The van der Waals surface area contributed by atoms with Gasteiger partial charge in [-0.3, -0.25) is 4.79 Å². The predicted molar refractivity (Wildman–Crippen MR) is 116 cm³/mol. The number of rotatable bonds is 4. The highest BCUT2D eigenvalue weighted by atomic mass is 35.5. The van der Waals surface area contributed by atoms with Gasteiger partial charge in [-0.15, -0.1) is 24.8 Å². The van der Waals surface area contributed by atoms with Crippen molar-refractivity contribution >= 4 is 47.4 Å². The molecule has 1 aliphatic heterocycles. The van der Waals surface area contributed by atoms with E-state index in [-0.39, 0.29) is 36.6 Å². The van der Waals surface area contributed by atoms with Crippen molar-refractivity contribution in [1.82, 2.24) is 9.97 Å². The molecule has 0 aliphatic carbocycles. The maximum Gasteiger partial charge on any atom is 0.241 e. The molecule has 0 saturated carbocycles. The molecule has 3 aromatic rings. The molecule has 0 bridgehead atoms. The number of fused-ring (bicyclic) bond motifs is 1. The van der Waals surface area contributed by atoms with Gasteiger partial charge in [-0.1, -0.05) is 24.3 Å². The van der Waals surface area contributed by atoms with Gasteiger partial charge in [-0.2, -0.15) is 0 Å². The van der Waals surface area contributed by atoms with Crippen molar-refractivity contribution in [3.8, 4) is 11.4 Å². The zero-order valence-electron chi connectivity index (χ0n) is 15.3. The SMILES string of the molecule is Cl.Cl.NC(C(=O)Nc1cccc(-c2nc3ccccc3[nH]2)c1)C1CCOCC1. The second-order valence-electron chi connectivity index (χ2n) is 6.65. The van der Waals surface area contributed by atoms with Crippen molar-refractivity contribution in [2.45, 2.75) is 18.9 Å². The summed E-state index contributed by atoms with van der Waals surface area (Å²) in [5.74, 6) is 0.789. The number of carbonyl (C=O) groups is 1. The Bertz CT molecular complexity index is 892. The molecule has 150 valence electrons. The molecule has 1 unspecified atom stereocenters. The highest BCUT2D eigenvalue weighted by Crippen LogP contribution is 2.24. The lowest BCUT2D eigenvalue weighted by atomic mass is 9.92. The van der Waals surface area contributed by atoms with E-state index in [0.29, 0.717) is 13.2 Å². The van der Waals surface area contributed by atoms with Gasteiger partial charge in [0, 0.05) is 24.5 Å². The summed E-state index contributed by atoms with van der Waals surface area (Å²) in [6.07, 6.45) is 1.65. The summed E-state index contributed by atoms with van der Waals surface area (Å²) in [6, 6.07) is 15.0. The quantitative estimate of drug-likeness (QED) is 0.596. The van der Waals surface area contributed by atoms with E-state index in [1.807, 2.05) is 48.5 Å². The summed E-state index contributed by atoms with van der Waals surface area (Å²) >= 11 is 0. The minimum atomic E-state index is -0.520. The van der Waals surface area contributed by atoms with Crippen LogP contribution in [0.15, 0.2) is 48.5 Å². The number of nitrogens with zero attached hydrogens (tertiary/aromatic N) is 1. The number of benzene rings is 2. The van der Waals surface area contributed by atoms with Crippen molar-refractivity contribution in [3.05, 3.63) is 48.5 Å². The molecule has 6 nitrogen and oxygen atoms in total. The number of H-pyrrole nitrogens is 1. The molecule has 1 amide bonds. The smallest absolute Gasteiger partial charge is 0.241 e. The first-order valence-corrected chi connectivity index (χ1v) is 8.90. The van der Waals surface area contributed by atoms with E-state index in [1.54, 1.807) is 0 Å². The van der Waals surface area contributed by atoms with Gasteiger partial charge in [0.15, 0.2) is 0 Å². The standard InChI is InChI=1S/C20H22N4O2.2ClH/c21-18(13-8-10-26-11-9-13)20(25)22-15-5-3-4-14(12-15)19-23-16-6-1-2-7-17(16)24-19;;/h1-7,12-13,18H,8-11,21H2,(H,22,25)(H,23,24);2*1H. The summed E-state index contributed by atoms with van der Waals surface area (Å²) in [5, 5.41) is 2.94. The predicted octanol–water partition coefficient (Wildman–Crippen LogP) is 3.77. The third-order valence-corrected chi connectivity index (χ3v) is 4.87. The van der Waals surface area contributed by atoms with Gasteiger partial charge >= 0.3 is 0 Å². The van der Waals surface area contributed by atoms with E-state index in [9.17, 15) is 4.79 Å². The van der Waals surface area contributed by atoms with Crippen molar-refractivity contribution in [3.63, 3.8) is 0 Å². The Kier molecular flexibility index (Phi) is 7.83. The lowest BCUT2D eigenvalue weighted by Crippen LogP contribution is -2.44. The monoisotopic (exact) mass is 422 g/mol. The number of nitrogens with two attached hydrogens (primary N) is 1. The molecule has 1 fully saturated rings. The van der Waals surface area contributed by atoms with Crippen molar-refractivity contribution < 1.29 is 9.53 Å². The normalized spacial score (nSPS) is 15.3. The number of amides is 1. The van der Waals surface area contributed by atoms with Crippen LogP contribution < -0.4 is 11.1 Å². The van der Waals surface area contributed by atoms with E-state index in [1.165, 1.54) is 0 Å². The summed E-state index contributed by atoms with van der Waals surface area (Å²) < 4.78 is 5.34. The molecule has 4 rings (SSSR count). The van der Waals surface area contributed by atoms with Crippen LogP contribution in [-0.2, 0) is 9.53 Å². The van der Waals surface area contributed by atoms with Gasteiger partial charge in [0.25, 0.3) is 0 Å². The van der Waals surface area contributed by atoms with Crippen LogP contribution in [0.4, 0.5) is 5.69 Å². The van der Waals surface area contributed by atoms with Gasteiger partial charge < -0.3 is 20.8 Å². The second-order valence-corrected chi connectivity index (χ2v) is 6.65. The number of anilines is 1. The largest absolute Gasteiger partial charge is 0.381 e. The lowest BCUT2D eigenvalue weighted by molar-refractivity contribution is -0.119. The fourth-order valence-corrected chi connectivity index (χ4v) is 3.35. The van der Waals surface area contributed by atoms with Crippen molar-refractivity contribution in [1.29, 1.82) is 0 Å². The number of aromatic amines is 1. The van der Waals surface area contributed by atoms with Gasteiger partial charge in [0.1, 0.15) is 5.82 Å². The zero-order chi connectivity index (χ0) is 17.9. The Morgan fingerprint density at radius 3 is 2.64 bits per heavy atom. The number of para-hydroxylation sites is 2. The number of nitrogens with one attached hydrogen (secondary N) is 2. The molecule has 1 atom stereocenters. The van der Waals surface area contributed by atoms with E-state index < -0.39 is 6.04 Å². The minimum Gasteiger partial charge on any atom is -0.381 e. The van der Waals surface area contributed by atoms with Gasteiger partial charge in [-0.25, -0.2) is 4.98 Å². The molecule has 4 N–H and O–H groups in total. The maximum atomic E-state index is 12.5. The fourth-order valence-electron chi connectivity index (χ4n) is 3.35. The summed E-state index contributed by atoms with van der Waals surface area (Å²) in [5.41, 5.74) is 9.69. The highest BCUT2D eigenvalue weighted by molar-refractivity contribution is 5.95. The summed E-state index contributed by atoms with van der Waals surface area (Å²) in [7, 11) is 0. The van der Waals surface area contributed by atoms with Crippen molar-refractivity contribution in [2.75, 3.05) is 18.5 Å². The number of hydrogen-bond donors (Lipinski definition) is 3. The second kappa shape index (κ2) is 9.89. The average Bonchev–Trinajstić information content (AvgIpc) is 3.12. The first kappa shape index (κ1) is 22.2. The van der Waals surface area contributed by atoms with E-state index in [4.69, 9.17) is 10.5 Å². The zero-order valence-corrected chi connectivity index (χ0v) is 16.9. The van der Waals surface area contributed by atoms with Crippen LogP contribution in [0.5, 0.6) is 0 Å². The molecule has 0 radical (unpaired) electrons. The van der Waals surface area contributed by atoms with Crippen LogP contribution in [0.25, 0.3) is 22.4 Å². The number of hydrogen-bond acceptors (Lipinski definition) is 4.